The number of aromatic nitrogens is 4. The number of ketones is 3. The number of carbonyl (C=O) groups excluding carboxylic acids is 5. The van der Waals surface area contributed by atoms with Crippen molar-refractivity contribution in [1.29, 1.82) is 0 Å². The number of hydrogen-bond donors (Lipinski definition) is 4. The quantitative estimate of drug-likeness (QED) is 0.155. The number of Topliss-reactive ketones (excluding diaryl/α,β-unsaturated/α-hetero) is 3. The van der Waals surface area contributed by atoms with Crippen molar-refractivity contribution >= 4 is 29.2 Å². The zero-order chi connectivity index (χ0) is 50.6. The van der Waals surface area contributed by atoms with E-state index in [-0.39, 0.29) is 86.2 Å². The van der Waals surface area contributed by atoms with E-state index in [1.807, 2.05) is 51.2 Å². The van der Waals surface area contributed by atoms with Gasteiger partial charge >= 0.3 is 5.97 Å². The van der Waals surface area contributed by atoms with Gasteiger partial charge in [0.05, 0.1) is 12.1 Å². The van der Waals surface area contributed by atoms with Gasteiger partial charge in [-0.05, 0) is 118 Å². The second-order valence-electron chi connectivity index (χ2n) is 20.7. The lowest BCUT2D eigenvalue weighted by Crippen LogP contribution is -2.60. The Hall–Kier alpha value is -4.26. The number of rotatable bonds is 7. The van der Waals surface area contributed by atoms with E-state index in [2.05, 4.69) is 15.5 Å². The van der Waals surface area contributed by atoms with Gasteiger partial charge in [-0.1, -0.05) is 76.6 Å². The number of amides is 1. The number of nitrogens with zero attached hydrogens (tertiary/aromatic N) is 5. The fourth-order valence-electron chi connectivity index (χ4n) is 10.9. The number of allylic oxidation sites excluding steroid dienone is 6. The molecule has 1 saturated carbocycles. The van der Waals surface area contributed by atoms with Crippen molar-refractivity contribution in [1.82, 2.24) is 25.1 Å². The van der Waals surface area contributed by atoms with Crippen molar-refractivity contribution < 1.29 is 58.6 Å². The highest BCUT2D eigenvalue weighted by Gasteiger charge is 2.53. The van der Waals surface area contributed by atoms with Crippen LogP contribution in [0.3, 0.4) is 0 Å². The number of carbonyl (C=O) groups is 5. The van der Waals surface area contributed by atoms with E-state index in [0.717, 1.165) is 12.0 Å². The molecule has 1 amide bonds. The molecule has 17 nitrogen and oxygen atoms in total. The first-order valence-electron chi connectivity index (χ1n) is 25.2. The summed E-state index contributed by atoms with van der Waals surface area (Å²) in [5.74, 6) is -8.73. The Kier molecular flexibility index (Phi) is 20.8. The summed E-state index contributed by atoms with van der Waals surface area (Å²) in [5.41, 5.74) is 1.22. The highest BCUT2D eigenvalue weighted by molar-refractivity contribution is 6.39. The minimum atomic E-state index is -2.47. The van der Waals surface area contributed by atoms with Crippen molar-refractivity contribution in [2.75, 3.05) is 26.9 Å². The molecule has 0 aromatic carbocycles. The monoisotopic (exact) mass is 966 g/mol. The fourth-order valence-corrected chi connectivity index (χ4v) is 10.9. The molecule has 384 valence electrons. The van der Waals surface area contributed by atoms with Crippen LogP contribution in [0.15, 0.2) is 53.9 Å². The first-order chi connectivity index (χ1) is 32.8. The van der Waals surface area contributed by atoms with E-state index in [4.69, 9.17) is 14.2 Å². The molecule has 1 aromatic heterocycles. The van der Waals surface area contributed by atoms with Crippen LogP contribution in [0.2, 0.25) is 0 Å². The molecule has 0 spiro atoms. The normalized spacial score (nSPS) is 36.3. The average Bonchev–Trinajstić information content (AvgIpc) is 3.88. The molecule has 3 aliphatic heterocycles. The molecule has 4 N–H and O–H groups in total. The van der Waals surface area contributed by atoms with Gasteiger partial charge in [0.1, 0.15) is 36.5 Å². The molecule has 2 bridgehead atoms. The number of cyclic esters (lactones) is 1. The Morgan fingerprint density at radius 3 is 2.35 bits per heavy atom. The molecule has 5 rings (SSSR count). The molecule has 15 atom stereocenters. The second-order valence-corrected chi connectivity index (χ2v) is 20.7. The highest BCUT2D eigenvalue weighted by Crippen LogP contribution is 2.41. The molecular weight excluding hydrogens is 887 g/mol. The van der Waals surface area contributed by atoms with E-state index < -0.39 is 71.7 Å². The third kappa shape index (κ3) is 14.2. The van der Waals surface area contributed by atoms with Crippen LogP contribution in [-0.2, 0) is 38.2 Å². The maximum Gasteiger partial charge on any atom is 0.329 e. The Morgan fingerprint density at radius 2 is 1.67 bits per heavy atom. The van der Waals surface area contributed by atoms with Crippen molar-refractivity contribution in [3.8, 4) is 0 Å². The zero-order valence-electron chi connectivity index (χ0n) is 42.0. The lowest BCUT2D eigenvalue weighted by atomic mass is 9.74. The molecule has 1 unspecified atom stereocenters. The number of piperidine rings is 1. The highest BCUT2D eigenvalue weighted by atomic mass is 16.6. The van der Waals surface area contributed by atoms with Crippen LogP contribution in [0.1, 0.15) is 132 Å². The standard InChI is InChI=1S/C52H79N5O12/c1-31-14-10-9-11-15-32(2)39(28-58)26-41-19-17-37(7)52(66,69-41)49(63)50(64)56-21-13-12-16-43(56)51(65)68-45(34(4)24-38-18-20-42(40(25-38)29-59)57-30-53-54-55-57)27-44(60)33(3)23-36(6)47(62)48(67-8)46(61)35(5)22-31/h9-11,14-15,23,30-31,33-35,37-43,45,47-48,58-59,62,66H,12-13,16-22,24-29H2,1-8H3/t31-,33-,34-,35+,37?,38+,39-,40+,41+,42+,43+,45+,47-,48+,52-/m1/s1. The molecule has 1 aliphatic carbocycles. The van der Waals surface area contributed by atoms with Gasteiger partial charge in [0, 0.05) is 62.9 Å². The third-order valence-corrected chi connectivity index (χ3v) is 15.4. The van der Waals surface area contributed by atoms with Crippen molar-refractivity contribution in [2.24, 2.45) is 47.3 Å². The number of aliphatic hydroxyl groups excluding tert-OH is 3. The maximum atomic E-state index is 14.5. The van der Waals surface area contributed by atoms with Gasteiger partial charge in [-0.2, -0.15) is 0 Å². The van der Waals surface area contributed by atoms with Crippen molar-refractivity contribution in [2.45, 2.75) is 168 Å². The van der Waals surface area contributed by atoms with Crippen LogP contribution in [0.5, 0.6) is 0 Å². The number of tetrazole rings is 1. The predicted molar refractivity (Wildman–Crippen MR) is 256 cm³/mol. The molecular formula is C52H79N5O12. The number of methoxy groups -OCH3 is 1. The topological polar surface area (TPSA) is 241 Å². The summed E-state index contributed by atoms with van der Waals surface area (Å²) in [5, 5.41) is 55.9. The molecule has 4 aliphatic rings. The minimum absolute atomic E-state index is 0.00322. The predicted octanol–water partition coefficient (Wildman–Crippen LogP) is 5.23. The largest absolute Gasteiger partial charge is 0.460 e. The molecule has 2 saturated heterocycles. The smallest absolute Gasteiger partial charge is 0.329 e. The summed E-state index contributed by atoms with van der Waals surface area (Å²) < 4.78 is 19.7. The average molecular weight is 966 g/mol. The molecule has 3 fully saturated rings. The Morgan fingerprint density at radius 1 is 0.913 bits per heavy atom. The van der Waals surface area contributed by atoms with E-state index in [1.165, 1.54) is 12.0 Å². The summed E-state index contributed by atoms with van der Waals surface area (Å²) in [7, 11) is 1.37. The van der Waals surface area contributed by atoms with Gasteiger partial charge in [-0.3, -0.25) is 19.2 Å². The molecule has 0 radical (unpaired) electrons. The van der Waals surface area contributed by atoms with Crippen LogP contribution in [0.25, 0.3) is 0 Å². The minimum Gasteiger partial charge on any atom is -0.460 e. The first-order valence-corrected chi connectivity index (χ1v) is 25.2. The lowest BCUT2D eigenvalue weighted by molar-refractivity contribution is -0.265. The van der Waals surface area contributed by atoms with Crippen LogP contribution < -0.4 is 0 Å². The summed E-state index contributed by atoms with van der Waals surface area (Å²) >= 11 is 0. The van der Waals surface area contributed by atoms with Gasteiger partial charge in [0.2, 0.25) is 5.79 Å². The summed E-state index contributed by atoms with van der Waals surface area (Å²) in [4.78, 5) is 72.2. The van der Waals surface area contributed by atoms with E-state index in [1.54, 1.807) is 44.8 Å². The van der Waals surface area contributed by atoms with Crippen molar-refractivity contribution in [3.05, 3.63) is 53.9 Å². The summed E-state index contributed by atoms with van der Waals surface area (Å²) in [6.07, 6.45) is 13.9. The molecule has 1 aromatic rings. The van der Waals surface area contributed by atoms with Crippen LogP contribution in [-0.4, -0.2) is 138 Å². The lowest BCUT2D eigenvalue weighted by Gasteiger charge is -2.43. The van der Waals surface area contributed by atoms with Crippen LogP contribution >= 0.6 is 0 Å². The molecule has 4 heterocycles. The SMILES string of the molecule is CO[C@H]1C(=O)[C@@H](C)C[C@H](C)C=CC=CC=C(C)[C@@H](CO)C[C@@H]2CCC(C)[C@@](O)(O2)C(=O)C(=O)N2CCCC[C@H]2C(=O)O[C@H]([C@H](C)C[C@@H]2CC[C@H](n3cnnn3)[C@H](CO)C2)CC(=O)[C@H](C)C=C(C)[C@H]1O. The van der Waals surface area contributed by atoms with Gasteiger partial charge in [-0.15, -0.1) is 5.10 Å². The van der Waals surface area contributed by atoms with E-state index >= 15 is 0 Å². The number of fused-ring (bicyclic) bond motifs is 3. The van der Waals surface area contributed by atoms with Gasteiger partial charge < -0.3 is 39.5 Å². The van der Waals surface area contributed by atoms with Crippen LogP contribution in [0.4, 0.5) is 0 Å². The Bertz CT molecular complexity index is 2020. The van der Waals surface area contributed by atoms with Gasteiger partial charge in [0.15, 0.2) is 5.78 Å². The summed E-state index contributed by atoms with van der Waals surface area (Å²) in [6.45, 7) is 12.3. The third-order valence-electron chi connectivity index (χ3n) is 15.4. The Labute approximate surface area is 407 Å². The first kappa shape index (κ1) is 55.7. The van der Waals surface area contributed by atoms with E-state index in [0.29, 0.717) is 56.9 Å². The number of hydrogen-bond acceptors (Lipinski definition) is 15. The van der Waals surface area contributed by atoms with Crippen molar-refractivity contribution in [3.63, 3.8) is 0 Å². The van der Waals surface area contributed by atoms with Gasteiger partial charge in [0.25, 0.3) is 11.7 Å². The Balaban J connectivity index is 1.46. The second kappa shape index (κ2) is 25.7. The molecule has 69 heavy (non-hydrogen) atoms. The number of aliphatic hydroxyl groups is 4. The van der Waals surface area contributed by atoms with Gasteiger partial charge in [-0.25, -0.2) is 9.48 Å². The zero-order valence-corrected chi connectivity index (χ0v) is 42.0. The number of ether oxygens (including phenoxy) is 3. The van der Waals surface area contributed by atoms with E-state index in [9.17, 15) is 44.4 Å². The van der Waals surface area contributed by atoms with Crippen LogP contribution in [0, 0.1) is 47.3 Å². The maximum absolute atomic E-state index is 14.5. The summed E-state index contributed by atoms with van der Waals surface area (Å²) in [6, 6.07) is -1.25. The molecule has 17 heteroatoms. The number of esters is 1. The fraction of sp³-hybridized carbons (Fsp3) is 0.731.